The number of rotatable bonds is 6. The van der Waals surface area contributed by atoms with Gasteiger partial charge in [-0.15, -0.1) is 0 Å². The molecule has 3 N–H and O–H groups in total. The predicted octanol–water partition coefficient (Wildman–Crippen LogP) is 1.71. The number of fused-ring (bicyclic) bond motifs is 1. The Morgan fingerprint density at radius 1 is 1.26 bits per heavy atom. The minimum atomic E-state index is 0.0474. The first-order chi connectivity index (χ1) is 9.20. The number of para-hydroxylation sites is 2. The minimum Gasteiger partial charge on any atom is -0.383 e. The summed E-state index contributed by atoms with van der Waals surface area (Å²) in [5.74, 6) is 0.823. The SMILES string of the molecule is COCC(N)CCNc1nc2ccccc2nc1C. The third-order valence-corrected chi connectivity index (χ3v) is 2.93. The number of hydrogen-bond donors (Lipinski definition) is 2. The highest BCUT2D eigenvalue weighted by atomic mass is 16.5. The average Bonchev–Trinajstić information content (AvgIpc) is 2.39. The molecule has 1 unspecified atom stereocenters. The maximum absolute atomic E-state index is 5.88. The van der Waals surface area contributed by atoms with E-state index in [0.29, 0.717) is 6.61 Å². The van der Waals surface area contributed by atoms with E-state index in [2.05, 4.69) is 15.3 Å². The van der Waals surface area contributed by atoms with Crippen molar-refractivity contribution in [3.8, 4) is 0 Å². The van der Waals surface area contributed by atoms with Crippen LogP contribution in [0.15, 0.2) is 24.3 Å². The van der Waals surface area contributed by atoms with Crippen molar-refractivity contribution in [1.82, 2.24) is 9.97 Å². The van der Waals surface area contributed by atoms with Crippen LogP contribution in [0.1, 0.15) is 12.1 Å². The van der Waals surface area contributed by atoms with Crippen LogP contribution in [-0.4, -0.2) is 36.3 Å². The minimum absolute atomic E-state index is 0.0474. The van der Waals surface area contributed by atoms with Gasteiger partial charge in [-0.2, -0.15) is 0 Å². The number of ether oxygens (including phenoxy) is 1. The second-order valence-electron chi connectivity index (χ2n) is 4.58. The molecule has 0 spiro atoms. The Morgan fingerprint density at radius 2 is 1.95 bits per heavy atom. The standard InChI is InChI=1S/C14H20N4O/c1-10-14(16-8-7-11(15)9-19-2)18-13-6-4-3-5-12(13)17-10/h3-6,11H,7-9,15H2,1-2H3,(H,16,18). The molecule has 0 saturated carbocycles. The molecule has 2 aromatic rings. The molecule has 0 saturated heterocycles. The number of methoxy groups -OCH3 is 1. The maximum Gasteiger partial charge on any atom is 0.148 e. The lowest BCUT2D eigenvalue weighted by atomic mass is 10.2. The molecule has 1 heterocycles. The molecule has 0 fully saturated rings. The van der Waals surface area contributed by atoms with Crippen LogP contribution in [0.2, 0.25) is 0 Å². The molecule has 1 atom stereocenters. The van der Waals surface area contributed by atoms with Gasteiger partial charge in [0.25, 0.3) is 0 Å². The van der Waals surface area contributed by atoms with E-state index >= 15 is 0 Å². The van der Waals surface area contributed by atoms with Gasteiger partial charge in [-0.1, -0.05) is 12.1 Å². The lowest BCUT2D eigenvalue weighted by molar-refractivity contribution is 0.178. The number of aryl methyl sites for hydroxylation is 1. The summed E-state index contributed by atoms with van der Waals surface area (Å²) in [6, 6.07) is 7.90. The Labute approximate surface area is 113 Å². The van der Waals surface area contributed by atoms with Gasteiger partial charge < -0.3 is 15.8 Å². The highest BCUT2D eigenvalue weighted by molar-refractivity contribution is 5.76. The van der Waals surface area contributed by atoms with Gasteiger partial charge in [0.05, 0.1) is 23.3 Å². The summed E-state index contributed by atoms with van der Waals surface area (Å²) in [4.78, 5) is 9.10. The zero-order valence-corrected chi connectivity index (χ0v) is 11.4. The summed E-state index contributed by atoms with van der Waals surface area (Å²) < 4.78 is 5.01. The van der Waals surface area contributed by atoms with Crippen molar-refractivity contribution in [2.24, 2.45) is 5.73 Å². The number of nitrogens with one attached hydrogen (secondary N) is 1. The third kappa shape index (κ3) is 3.62. The largest absolute Gasteiger partial charge is 0.383 e. The van der Waals surface area contributed by atoms with E-state index < -0.39 is 0 Å². The van der Waals surface area contributed by atoms with Crippen LogP contribution in [0.4, 0.5) is 5.82 Å². The number of nitrogens with two attached hydrogens (primary N) is 1. The van der Waals surface area contributed by atoms with Crippen molar-refractivity contribution in [3.63, 3.8) is 0 Å². The highest BCUT2D eigenvalue weighted by Crippen LogP contribution is 2.15. The van der Waals surface area contributed by atoms with Crippen molar-refractivity contribution >= 4 is 16.9 Å². The quantitative estimate of drug-likeness (QED) is 0.827. The van der Waals surface area contributed by atoms with Gasteiger partial charge in [0.15, 0.2) is 0 Å². The van der Waals surface area contributed by atoms with E-state index in [9.17, 15) is 0 Å². The molecule has 5 heteroatoms. The maximum atomic E-state index is 5.88. The number of nitrogens with zero attached hydrogens (tertiary/aromatic N) is 2. The fraction of sp³-hybridized carbons (Fsp3) is 0.429. The second kappa shape index (κ2) is 6.45. The molecule has 0 bridgehead atoms. The van der Waals surface area contributed by atoms with E-state index in [1.54, 1.807) is 7.11 Å². The highest BCUT2D eigenvalue weighted by Gasteiger charge is 2.06. The lowest BCUT2D eigenvalue weighted by Gasteiger charge is -2.12. The van der Waals surface area contributed by atoms with Crippen LogP contribution in [0, 0.1) is 6.92 Å². The van der Waals surface area contributed by atoms with Gasteiger partial charge in [0, 0.05) is 19.7 Å². The summed E-state index contributed by atoms with van der Waals surface area (Å²) in [6.07, 6.45) is 0.835. The molecule has 102 valence electrons. The van der Waals surface area contributed by atoms with Crippen molar-refractivity contribution in [3.05, 3.63) is 30.0 Å². The van der Waals surface area contributed by atoms with Gasteiger partial charge in [-0.3, -0.25) is 0 Å². The van der Waals surface area contributed by atoms with E-state index in [1.807, 2.05) is 31.2 Å². The topological polar surface area (TPSA) is 73.1 Å². The fourth-order valence-corrected chi connectivity index (χ4v) is 1.93. The van der Waals surface area contributed by atoms with E-state index in [4.69, 9.17) is 10.5 Å². The first kappa shape index (κ1) is 13.7. The molecule has 0 aliphatic carbocycles. The van der Waals surface area contributed by atoms with Crippen LogP contribution < -0.4 is 11.1 Å². The second-order valence-corrected chi connectivity index (χ2v) is 4.58. The summed E-state index contributed by atoms with van der Waals surface area (Å²) >= 11 is 0. The number of anilines is 1. The Kier molecular flexibility index (Phi) is 4.65. The molecule has 5 nitrogen and oxygen atoms in total. The number of aromatic nitrogens is 2. The molecule has 0 radical (unpaired) electrons. The molecule has 19 heavy (non-hydrogen) atoms. The van der Waals surface area contributed by atoms with Crippen LogP contribution in [0.5, 0.6) is 0 Å². The summed E-state index contributed by atoms with van der Waals surface area (Å²) in [7, 11) is 1.66. The fourth-order valence-electron chi connectivity index (χ4n) is 1.93. The summed E-state index contributed by atoms with van der Waals surface area (Å²) in [6.45, 7) is 3.29. The molecule has 0 aliphatic heterocycles. The van der Waals surface area contributed by atoms with Crippen LogP contribution in [0.3, 0.4) is 0 Å². The predicted molar refractivity (Wildman–Crippen MR) is 77.2 cm³/mol. The van der Waals surface area contributed by atoms with Crippen LogP contribution >= 0.6 is 0 Å². The molecule has 1 aromatic heterocycles. The van der Waals surface area contributed by atoms with Crippen molar-refractivity contribution in [2.45, 2.75) is 19.4 Å². The Hall–Kier alpha value is -1.72. The number of hydrogen-bond acceptors (Lipinski definition) is 5. The summed E-state index contributed by atoms with van der Waals surface area (Å²) in [5.41, 5.74) is 8.60. The normalized spacial score (nSPS) is 12.6. The van der Waals surface area contributed by atoms with Gasteiger partial charge in [-0.25, -0.2) is 9.97 Å². The van der Waals surface area contributed by atoms with E-state index in [-0.39, 0.29) is 6.04 Å². The van der Waals surface area contributed by atoms with Gasteiger partial charge in [-0.05, 0) is 25.5 Å². The smallest absolute Gasteiger partial charge is 0.148 e. The van der Waals surface area contributed by atoms with Crippen molar-refractivity contribution in [1.29, 1.82) is 0 Å². The van der Waals surface area contributed by atoms with Crippen LogP contribution in [0.25, 0.3) is 11.0 Å². The van der Waals surface area contributed by atoms with E-state index in [0.717, 1.165) is 35.5 Å². The lowest BCUT2D eigenvalue weighted by Crippen LogP contribution is -2.28. The van der Waals surface area contributed by atoms with Crippen LogP contribution in [-0.2, 0) is 4.74 Å². The Balaban J connectivity index is 2.02. The molecular weight excluding hydrogens is 240 g/mol. The Morgan fingerprint density at radius 3 is 2.63 bits per heavy atom. The summed E-state index contributed by atoms with van der Waals surface area (Å²) in [5, 5.41) is 3.29. The first-order valence-electron chi connectivity index (χ1n) is 6.42. The zero-order chi connectivity index (χ0) is 13.7. The molecule has 2 rings (SSSR count). The first-order valence-corrected chi connectivity index (χ1v) is 6.42. The van der Waals surface area contributed by atoms with E-state index in [1.165, 1.54) is 0 Å². The average molecular weight is 260 g/mol. The molecule has 0 amide bonds. The monoisotopic (exact) mass is 260 g/mol. The molecular formula is C14H20N4O. The Bertz CT molecular complexity index is 544. The van der Waals surface area contributed by atoms with Gasteiger partial charge >= 0.3 is 0 Å². The van der Waals surface area contributed by atoms with Gasteiger partial charge in [0.2, 0.25) is 0 Å². The van der Waals surface area contributed by atoms with Gasteiger partial charge in [0.1, 0.15) is 5.82 Å². The molecule has 1 aromatic carbocycles. The van der Waals surface area contributed by atoms with Crippen molar-refractivity contribution in [2.75, 3.05) is 25.6 Å². The number of benzene rings is 1. The zero-order valence-electron chi connectivity index (χ0n) is 11.4. The van der Waals surface area contributed by atoms with Crippen molar-refractivity contribution < 1.29 is 4.74 Å². The molecule has 0 aliphatic rings. The third-order valence-electron chi connectivity index (χ3n) is 2.93.